The number of hydrogen-bond acceptors (Lipinski definition) is 3. The molecule has 3 N–H and O–H groups in total. The average Bonchev–Trinajstić information content (AvgIpc) is 2.64. The van der Waals surface area contributed by atoms with Crippen LogP contribution in [0.4, 0.5) is 10.1 Å². The molecule has 0 fully saturated rings. The van der Waals surface area contributed by atoms with Gasteiger partial charge in [-0.3, -0.25) is 0 Å². The number of aliphatic hydroxyl groups excluding tert-OH is 1. The van der Waals surface area contributed by atoms with E-state index in [4.69, 9.17) is 10.8 Å². The van der Waals surface area contributed by atoms with Gasteiger partial charge in [-0.05, 0) is 24.1 Å². The fourth-order valence-corrected chi connectivity index (χ4v) is 2.06. The zero-order valence-electron chi connectivity index (χ0n) is 8.49. The molecule has 1 aromatic rings. The molecule has 4 heteroatoms. The number of halogens is 1. The first-order valence-corrected chi connectivity index (χ1v) is 5.12. The second kappa shape index (κ2) is 4.16. The lowest BCUT2D eigenvalue weighted by Crippen LogP contribution is -2.42. The molecule has 1 atom stereocenters. The van der Waals surface area contributed by atoms with Gasteiger partial charge in [-0.1, -0.05) is 6.07 Å². The molecule has 0 saturated carbocycles. The molecular weight excluding hydrogens is 195 g/mol. The third-order valence-corrected chi connectivity index (χ3v) is 2.90. The Morgan fingerprint density at radius 2 is 2.33 bits per heavy atom. The second-order valence-electron chi connectivity index (χ2n) is 3.79. The molecule has 0 spiro atoms. The highest BCUT2D eigenvalue weighted by molar-refractivity contribution is 5.59. The molecule has 15 heavy (non-hydrogen) atoms. The third-order valence-electron chi connectivity index (χ3n) is 2.90. The van der Waals surface area contributed by atoms with Crippen LogP contribution < -0.4 is 10.6 Å². The van der Waals surface area contributed by atoms with Crippen LogP contribution in [0.15, 0.2) is 18.2 Å². The average molecular weight is 210 g/mol. The summed E-state index contributed by atoms with van der Waals surface area (Å²) in [5.41, 5.74) is 7.57. The summed E-state index contributed by atoms with van der Waals surface area (Å²) < 4.78 is 13.1. The SMILES string of the molecule is NCC(CO)N1CCc2ccc(F)cc21. The topological polar surface area (TPSA) is 49.5 Å². The van der Waals surface area contributed by atoms with Crippen molar-refractivity contribution in [1.29, 1.82) is 0 Å². The summed E-state index contributed by atoms with van der Waals surface area (Å²) in [7, 11) is 0. The van der Waals surface area contributed by atoms with Crippen molar-refractivity contribution >= 4 is 5.69 Å². The summed E-state index contributed by atoms with van der Waals surface area (Å²) in [5.74, 6) is -0.241. The van der Waals surface area contributed by atoms with Gasteiger partial charge in [0.05, 0.1) is 12.6 Å². The van der Waals surface area contributed by atoms with Gasteiger partial charge >= 0.3 is 0 Å². The molecule has 1 aliphatic rings. The van der Waals surface area contributed by atoms with Gasteiger partial charge in [0.15, 0.2) is 0 Å². The van der Waals surface area contributed by atoms with E-state index in [1.165, 1.54) is 12.1 Å². The van der Waals surface area contributed by atoms with Crippen LogP contribution in [-0.4, -0.2) is 30.8 Å². The van der Waals surface area contributed by atoms with Crippen LogP contribution in [0.25, 0.3) is 0 Å². The predicted molar refractivity (Wildman–Crippen MR) is 57.4 cm³/mol. The minimum Gasteiger partial charge on any atom is -0.394 e. The number of anilines is 1. The third kappa shape index (κ3) is 1.82. The molecule has 0 radical (unpaired) electrons. The van der Waals surface area contributed by atoms with Gasteiger partial charge in [0.1, 0.15) is 5.82 Å². The van der Waals surface area contributed by atoms with Crippen molar-refractivity contribution < 1.29 is 9.50 Å². The first-order valence-electron chi connectivity index (χ1n) is 5.12. The Kier molecular flexibility index (Phi) is 2.88. The summed E-state index contributed by atoms with van der Waals surface area (Å²) >= 11 is 0. The summed E-state index contributed by atoms with van der Waals surface area (Å²) in [5, 5.41) is 9.17. The largest absolute Gasteiger partial charge is 0.394 e. The van der Waals surface area contributed by atoms with Crippen molar-refractivity contribution in [3.63, 3.8) is 0 Å². The van der Waals surface area contributed by atoms with Crippen molar-refractivity contribution in [3.05, 3.63) is 29.6 Å². The van der Waals surface area contributed by atoms with Crippen molar-refractivity contribution in [2.24, 2.45) is 5.73 Å². The van der Waals surface area contributed by atoms with E-state index in [9.17, 15) is 4.39 Å². The standard InChI is InChI=1S/C11H15FN2O/c12-9-2-1-8-3-4-14(11(8)5-9)10(6-13)7-15/h1-2,5,10,15H,3-4,6-7,13H2. The van der Waals surface area contributed by atoms with E-state index < -0.39 is 0 Å². The van der Waals surface area contributed by atoms with Gasteiger partial charge in [-0.25, -0.2) is 4.39 Å². The Morgan fingerprint density at radius 1 is 1.53 bits per heavy atom. The maximum Gasteiger partial charge on any atom is 0.125 e. The Morgan fingerprint density at radius 3 is 3.00 bits per heavy atom. The first-order chi connectivity index (χ1) is 7.26. The molecular formula is C11H15FN2O. The van der Waals surface area contributed by atoms with Gasteiger partial charge in [-0.15, -0.1) is 0 Å². The molecule has 0 amide bonds. The number of fused-ring (bicyclic) bond motifs is 1. The molecule has 82 valence electrons. The first kappa shape index (κ1) is 10.4. The van der Waals surface area contributed by atoms with Crippen molar-refractivity contribution in [2.45, 2.75) is 12.5 Å². The number of nitrogens with two attached hydrogens (primary N) is 1. The van der Waals surface area contributed by atoms with E-state index in [0.717, 1.165) is 24.2 Å². The van der Waals surface area contributed by atoms with Crippen LogP contribution in [0, 0.1) is 5.82 Å². The van der Waals surface area contributed by atoms with Crippen LogP contribution in [0.2, 0.25) is 0 Å². The molecule has 0 aromatic heterocycles. The monoisotopic (exact) mass is 210 g/mol. The lowest BCUT2D eigenvalue weighted by Gasteiger charge is -2.27. The molecule has 0 bridgehead atoms. The van der Waals surface area contributed by atoms with Gasteiger partial charge in [0, 0.05) is 18.8 Å². The maximum absolute atomic E-state index is 13.1. The highest BCUT2D eigenvalue weighted by atomic mass is 19.1. The highest BCUT2D eigenvalue weighted by Gasteiger charge is 2.24. The quantitative estimate of drug-likeness (QED) is 0.764. The number of nitrogens with zero attached hydrogens (tertiary/aromatic N) is 1. The number of benzene rings is 1. The molecule has 2 rings (SSSR count). The summed E-state index contributed by atoms with van der Waals surface area (Å²) in [6, 6.07) is 4.68. The molecule has 3 nitrogen and oxygen atoms in total. The van der Waals surface area contributed by atoms with E-state index in [-0.39, 0.29) is 18.5 Å². The highest BCUT2D eigenvalue weighted by Crippen LogP contribution is 2.29. The van der Waals surface area contributed by atoms with Crippen molar-refractivity contribution in [3.8, 4) is 0 Å². The van der Waals surface area contributed by atoms with Crippen molar-refractivity contribution in [2.75, 3.05) is 24.6 Å². The lowest BCUT2D eigenvalue weighted by molar-refractivity contribution is 0.263. The maximum atomic E-state index is 13.1. The summed E-state index contributed by atoms with van der Waals surface area (Å²) in [6.07, 6.45) is 0.895. The van der Waals surface area contributed by atoms with Crippen LogP contribution in [0.3, 0.4) is 0 Å². The van der Waals surface area contributed by atoms with E-state index >= 15 is 0 Å². The van der Waals surface area contributed by atoms with E-state index in [1.54, 1.807) is 6.07 Å². The second-order valence-corrected chi connectivity index (χ2v) is 3.79. The molecule has 0 saturated heterocycles. The van der Waals surface area contributed by atoms with Gasteiger partial charge in [-0.2, -0.15) is 0 Å². The zero-order valence-corrected chi connectivity index (χ0v) is 8.49. The van der Waals surface area contributed by atoms with E-state index in [1.807, 2.05) is 4.90 Å². The fraction of sp³-hybridized carbons (Fsp3) is 0.455. The van der Waals surface area contributed by atoms with Crippen LogP contribution in [0.5, 0.6) is 0 Å². The number of rotatable bonds is 3. The minimum atomic E-state index is -0.241. The number of aliphatic hydroxyl groups is 1. The number of hydrogen-bond donors (Lipinski definition) is 2. The Bertz CT molecular complexity index is 352. The molecule has 1 aromatic carbocycles. The van der Waals surface area contributed by atoms with Crippen LogP contribution >= 0.6 is 0 Å². The Balaban J connectivity index is 2.30. The molecule has 1 aliphatic heterocycles. The molecule has 1 unspecified atom stereocenters. The smallest absolute Gasteiger partial charge is 0.125 e. The summed E-state index contributed by atoms with van der Waals surface area (Å²) in [6.45, 7) is 1.19. The molecule has 1 heterocycles. The van der Waals surface area contributed by atoms with Gasteiger partial charge in [0.25, 0.3) is 0 Å². The summed E-state index contributed by atoms with van der Waals surface area (Å²) in [4.78, 5) is 1.98. The minimum absolute atomic E-state index is 0.00640. The van der Waals surface area contributed by atoms with Crippen LogP contribution in [0.1, 0.15) is 5.56 Å². The van der Waals surface area contributed by atoms with Crippen LogP contribution in [-0.2, 0) is 6.42 Å². The Hall–Kier alpha value is -1.13. The fourth-order valence-electron chi connectivity index (χ4n) is 2.06. The van der Waals surface area contributed by atoms with E-state index in [2.05, 4.69) is 0 Å². The normalized spacial score (nSPS) is 16.6. The zero-order chi connectivity index (χ0) is 10.8. The predicted octanol–water partition coefficient (Wildman–Crippen LogP) is 0.508. The van der Waals surface area contributed by atoms with Crippen molar-refractivity contribution in [1.82, 2.24) is 0 Å². The molecule has 0 aliphatic carbocycles. The van der Waals surface area contributed by atoms with Gasteiger partial charge < -0.3 is 15.7 Å². The van der Waals surface area contributed by atoms with E-state index in [0.29, 0.717) is 6.54 Å². The van der Waals surface area contributed by atoms with Gasteiger partial charge in [0.2, 0.25) is 0 Å². The lowest BCUT2D eigenvalue weighted by atomic mass is 10.1. The Labute approximate surface area is 88.3 Å².